The molecule has 7 aromatic carbocycles. The summed E-state index contributed by atoms with van der Waals surface area (Å²) >= 11 is 0. The maximum absolute atomic E-state index is 4.98. The van der Waals surface area contributed by atoms with E-state index in [-0.39, 0.29) is 5.92 Å². The smallest absolute Gasteiger partial charge is 0.0665 e. The summed E-state index contributed by atoms with van der Waals surface area (Å²) in [7, 11) is 0. The van der Waals surface area contributed by atoms with Crippen molar-refractivity contribution in [1.82, 2.24) is 4.98 Å². The Morgan fingerprint density at radius 2 is 1.15 bits per heavy atom. The van der Waals surface area contributed by atoms with Gasteiger partial charge in [0.05, 0.1) is 5.70 Å². The molecule has 0 bridgehead atoms. The van der Waals surface area contributed by atoms with E-state index in [0.29, 0.717) is 0 Å². The van der Waals surface area contributed by atoms with E-state index in [1.165, 1.54) is 70.9 Å². The molecule has 222 valence electrons. The molecule has 0 amide bonds. The SMILES string of the molecule is Cc1ccc2cc(-c3c4ccccc4c(-c4cccc5c(C6=CCC(c7ccccn7)C=N6)cccc45)c4ccccc34)ccc2c1. The lowest BCUT2D eigenvalue weighted by atomic mass is 9.84. The van der Waals surface area contributed by atoms with Crippen LogP contribution in [0.2, 0.25) is 0 Å². The van der Waals surface area contributed by atoms with Gasteiger partial charge in [-0.1, -0.05) is 133 Å². The quantitative estimate of drug-likeness (QED) is 0.185. The van der Waals surface area contributed by atoms with Crippen LogP contribution in [0.5, 0.6) is 0 Å². The molecule has 1 aliphatic heterocycles. The van der Waals surface area contributed by atoms with E-state index in [4.69, 9.17) is 4.99 Å². The molecule has 1 aliphatic rings. The standard InChI is InChI=1S/C45H32N2/c1-29-19-20-31-27-32(22-21-30(31)26-29)44-38-10-2-4-12-40(38)45(41-13-5-3-11-39(41)44)37-17-9-14-34-35(37)15-8-16-36(34)43-24-23-33(28-47-43)42-18-6-7-25-46-42/h2-22,24-28,33H,23H2,1H3. The highest BCUT2D eigenvalue weighted by Crippen LogP contribution is 2.46. The van der Waals surface area contributed by atoms with Crippen molar-refractivity contribution in [2.24, 2.45) is 4.99 Å². The molecule has 0 radical (unpaired) electrons. The second kappa shape index (κ2) is 11.2. The molecule has 0 aliphatic carbocycles. The maximum atomic E-state index is 4.98. The van der Waals surface area contributed by atoms with Crippen LogP contribution < -0.4 is 0 Å². The van der Waals surface area contributed by atoms with Gasteiger partial charge in [0.15, 0.2) is 0 Å². The first-order valence-corrected chi connectivity index (χ1v) is 16.3. The van der Waals surface area contributed by atoms with Crippen molar-refractivity contribution >= 4 is 55.0 Å². The number of hydrogen-bond acceptors (Lipinski definition) is 2. The van der Waals surface area contributed by atoms with Crippen molar-refractivity contribution in [1.29, 1.82) is 0 Å². The van der Waals surface area contributed by atoms with E-state index in [9.17, 15) is 0 Å². The Hall–Kier alpha value is -5.86. The minimum absolute atomic E-state index is 0.202. The van der Waals surface area contributed by atoms with E-state index < -0.39 is 0 Å². The number of allylic oxidation sites excluding steroid dienone is 1. The third-order valence-electron chi connectivity index (χ3n) is 9.71. The van der Waals surface area contributed by atoms with Crippen molar-refractivity contribution < 1.29 is 0 Å². The van der Waals surface area contributed by atoms with Crippen LogP contribution >= 0.6 is 0 Å². The number of nitrogens with zero attached hydrogens (tertiary/aromatic N) is 2. The normalized spacial score (nSPS) is 14.7. The molecule has 0 N–H and O–H groups in total. The third-order valence-corrected chi connectivity index (χ3v) is 9.71. The van der Waals surface area contributed by atoms with Crippen LogP contribution in [0.1, 0.15) is 29.2 Å². The molecule has 47 heavy (non-hydrogen) atoms. The van der Waals surface area contributed by atoms with Crippen molar-refractivity contribution in [3.63, 3.8) is 0 Å². The van der Waals surface area contributed by atoms with E-state index in [2.05, 4.69) is 152 Å². The molecule has 1 atom stereocenters. The lowest BCUT2D eigenvalue weighted by Crippen LogP contribution is -2.05. The van der Waals surface area contributed by atoms with Gasteiger partial charge >= 0.3 is 0 Å². The number of aliphatic imine (C=N–C) groups is 1. The van der Waals surface area contributed by atoms with Crippen molar-refractivity contribution in [2.45, 2.75) is 19.3 Å². The number of hydrogen-bond donors (Lipinski definition) is 0. The van der Waals surface area contributed by atoms with E-state index >= 15 is 0 Å². The van der Waals surface area contributed by atoms with Gasteiger partial charge in [-0.3, -0.25) is 9.98 Å². The molecule has 1 unspecified atom stereocenters. The van der Waals surface area contributed by atoms with Gasteiger partial charge in [-0.25, -0.2) is 0 Å². The fourth-order valence-corrected chi connectivity index (χ4v) is 7.50. The second-order valence-corrected chi connectivity index (χ2v) is 12.6. The number of benzene rings is 7. The van der Waals surface area contributed by atoms with Gasteiger partial charge in [0.25, 0.3) is 0 Å². The minimum atomic E-state index is 0.202. The molecule has 2 heterocycles. The zero-order chi connectivity index (χ0) is 31.3. The zero-order valence-electron chi connectivity index (χ0n) is 26.2. The lowest BCUT2D eigenvalue weighted by molar-refractivity contribution is 0.869. The first kappa shape index (κ1) is 27.5. The summed E-state index contributed by atoms with van der Waals surface area (Å²) in [5.41, 5.74) is 9.57. The molecule has 1 aromatic heterocycles. The van der Waals surface area contributed by atoms with E-state index in [1.807, 2.05) is 18.3 Å². The van der Waals surface area contributed by atoms with Crippen molar-refractivity contribution in [2.75, 3.05) is 0 Å². The third kappa shape index (κ3) is 4.64. The second-order valence-electron chi connectivity index (χ2n) is 12.6. The fourth-order valence-electron chi connectivity index (χ4n) is 7.50. The first-order valence-electron chi connectivity index (χ1n) is 16.3. The van der Waals surface area contributed by atoms with Gasteiger partial charge in [-0.15, -0.1) is 0 Å². The molecular weight excluding hydrogens is 569 g/mol. The summed E-state index contributed by atoms with van der Waals surface area (Å²) in [6.45, 7) is 2.15. The predicted octanol–water partition coefficient (Wildman–Crippen LogP) is 11.9. The summed E-state index contributed by atoms with van der Waals surface area (Å²) < 4.78 is 0. The highest BCUT2D eigenvalue weighted by Gasteiger charge is 2.20. The molecule has 2 heteroatoms. The summed E-state index contributed by atoms with van der Waals surface area (Å²) in [4.78, 5) is 9.54. The predicted molar refractivity (Wildman–Crippen MR) is 200 cm³/mol. The van der Waals surface area contributed by atoms with Crippen LogP contribution in [-0.2, 0) is 0 Å². The summed E-state index contributed by atoms with van der Waals surface area (Å²) in [5.74, 6) is 0.202. The number of aromatic nitrogens is 1. The van der Waals surface area contributed by atoms with Crippen LogP contribution in [0.3, 0.4) is 0 Å². The van der Waals surface area contributed by atoms with Gasteiger partial charge in [-0.05, 0) is 96.9 Å². The maximum Gasteiger partial charge on any atom is 0.0665 e. The van der Waals surface area contributed by atoms with Gasteiger partial charge < -0.3 is 0 Å². The van der Waals surface area contributed by atoms with E-state index in [1.54, 1.807) is 0 Å². The van der Waals surface area contributed by atoms with Crippen LogP contribution in [0.25, 0.3) is 71.0 Å². The van der Waals surface area contributed by atoms with Gasteiger partial charge in [-0.2, -0.15) is 0 Å². The Morgan fingerprint density at radius 1 is 0.532 bits per heavy atom. The highest BCUT2D eigenvalue weighted by atomic mass is 14.8. The molecular formula is C45H32N2. The zero-order valence-corrected chi connectivity index (χ0v) is 26.2. The van der Waals surface area contributed by atoms with Gasteiger partial charge in [0.2, 0.25) is 0 Å². The Balaban J connectivity index is 1.24. The van der Waals surface area contributed by atoms with Gasteiger partial charge in [0, 0.05) is 29.6 Å². The Kier molecular flexibility index (Phi) is 6.53. The van der Waals surface area contributed by atoms with Crippen LogP contribution in [0, 0.1) is 6.92 Å². The molecule has 2 nitrogen and oxygen atoms in total. The minimum Gasteiger partial charge on any atom is -0.261 e. The number of aryl methyl sites for hydroxylation is 1. The monoisotopic (exact) mass is 600 g/mol. The Morgan fingerprint density at radius 3 is 1.83 bits per heavy atom. The molecule has 9 rings (SSSR count). The summed E-state index contributed by atoms with van der Waals surface area (Å²) in [6.07, 6.45) is 7.08. The van der Waals surface area contributed by atoms with Crippen molar-refractivity contribution in [3.05, 3.63) is 169 Å². The van der Waals surface area contributed by atoms with Gasteiger partial charge in [0.1, 0.15) is 0 Å². The van der Waals surface area contributed by atoms with Crippen LogP contribution in [0.4, 0.5) is 0 Å². The molecule has 0 fully saturated rings. The largest absolute Gasteiger partial charge is 0.261 e. The van der Waals surface area contributed by atoms with Crippen LogP contribution in [0.15, 0.2) is 157 Å². The topological polar surface area (TPSA) is 25.2 Å². The highest BCUT2D eigenvalue weighted by molar-refractivity contribution is 6.24. The molecule has 0 spiro atoms. The number of pyridine rings is 1. The summed E-state index contributed by atoms with van der Waals surface area (Å²) in [6, 6.07) is 50.9. The summed E-state index contributed by atoms with van der Waals surface area (Å²) in [5, 5.41) is 10.0. The Bertz CT molecular complexity index is 2500. The lowest BCUT2D eigenvalue weighted by Gasteiger charge is -2.20. The molecule has 0 saturated carbocycles. The number of rotatable bonds is 4. The van der Waals surface area contributed by atoms with Crippen LogP contribution in [-0.4, -0.2) is 11.2 Å². The first-order chi connectivity index (χ1) is 23.2. The molecule has 8 aromatic rings. The average Bonchev–Trinajstić information content (AvgIpc) is 3.13. The number of fused-ring (bicyclic) bond motifs is 4. The Labute approximate surface area is 274 Å². The fraction of sp³-hybridized carbons (Fsp3) is 0.0667. The molecule has 0 saturated heterocycles. The van der Waals surface area contributed by atoms with Crippen molar-refractivity contribution in [3.8, 4) is 22.3 Å². The van der Waals surface area contributed by atoms with E-state index in [0.717, 1.165) is 23.4 Å². The average molecular weight is 601 g/mol.